The number of nitrogens with zero attached hydrogens (tertiary/aromatic N) is 1. The number of fused-ring (bicyclic) bond motifs is 2. The van der Waals surface area contributed by atoms with Gasteiger partial charge in [0.05, 0.1) is 5.69 Å². The number of piperidine rings is 1. The van der Waals surface area contributed by atoms with E-state index in [1.807, 2.05) is 6.20 Å². The second-order valence-corrected chi connectivity index (χ2v) is 8.21. The molecule has 2 heterocycles. The zero-order valence-electron chi connectivity index (χ0n) is 13.6. The van der Waals surface area contributed by atoms with Crippen LogP contribution in [0.2, 0.25) is 0 Å². The zero-order valence-corrected chi connectivity index (χ0v) is 15.8. The number of rotatable bonds is 1. The van der Waals surface area contributed by atoms with Crippen molar-refractivity contribution < 1.29 is 0 Å². The second kappa shape index (κ2) is 6.52. The molecule has 0 amide bonds. The van der Waals surface area contributed by atoms with Gasteiger partial charge >= 0.3 is 0 Å². The van der Waals surface area contributed by atoms with Crippen LogP contribution in [0.15, 0.2) is 30.5 Å². The lowest BCUT2D eigenvalue weighted by atomic mass is 9.76. The summed E-state index contributed by atoms with van der Waals surface area (Å²) in [6.45, 7) is 4.49. The SMILES string of the molecule is Cc1ccc2c(c1)CCc1cc(I)cnc1C2C1CCNCC1. The third kappa shape index (κ3) is 3.05. The summed E-state index contributed by atoms with van der Waals surface area (Å²) < 4.78 is 1.26. The molecular weight excluding hydrogens is 395 g/mol. The zero-order chi connectivity index (χ0) is 15.8. The van der Waals surface area contributed by atoms with Gasteiger partial charge in [-0.15, -0.1) is 0 Å². The third-order valence-corrected chi connectivity index (χ3v) is 6.01. The molecule has 1 aromatic heterocycles. The Labute approximate surface area is 152 Å². The lowest BCUT2D eigenvalue weighted by Gasteiger charge is -2.32. The van der Waals surface area contributed by atoms with Crippen LogP contribution in [-0.2, 0) is 12.8 Å². The van der Waals surface area contributed by atoms with Crippen LogP contribution in [-0.4, -0.2) is 18.1 Å². The number of nitrogens with one attached hydrogen (secondary N) is 1. The molecule has 0 spiro atoms. The van der Waals surface area contributed by atoms with Gasteiger partial charge in [-0.1, -0.05) is 23.8 Å². The molecule has 120 valence electrons. The molecule has 0 bridgehead atoms. The van der Waals surface area contributed by atoms with Gasteiger partial charge in [-0.05, 0) is 97.0 Å². The molecule has 3 heteroatoms. The van der Waals surface area contributed by atoms with Crippen molar-refractivity contribution in [1.29, 1.82) is 0 Å². The lowest BCUT2D eigenvalue weighted by molar-refractivity contribution is 0.338. The quantitative estimate of drug-likeness (QED) is 0.702. The molecule has 1 N–H and O–H groups in total. The molecule has 0 radical (unpaired) electrons. The van der Waals surface area contributed by atoms with Crippen LogP contribution in [0.25, 0.3) is 0 Å². The van der Waals surface area contributed by atoms with Crippen molar-refractivity contribution in [2.24, 2.45) is 5.92 Å². The number of hydrogen-bond donors (Lipinski definition) is 1. The van der Waals surface area contributed by atoms with E-state index in [1.165, 1.54) is 38.8 Å². The predicted octanol–water partition coefficient (Wildman–Crippen LogP) is 4.22. The molecule has 1 atom stereocenters. The molecule has 0 saturated carbocycles. The molecule has 4 rings (SSSR count). The van der Waals surface area contributed by atoms with Crippen molar-refractivity contribution >= 4 is 22.6 Å². The first-order chi connectivity index (χ1) is 11.2. The largest absolute Gasteiger partial charge is 0.317 e. The fraction of sp³-hybridized carbons (Fsp3) is 0.450. The van der Waals surface area contributed by atoms with Gasteiger partial charge < -0.3 is 5.32 Å². The van der Waals surface area contributed by atoms with Crippen LogP contribution in [0.1, 0.15) is 46.7 Å². The standard InChI is InChI=1S/C20H23IN2/c1-13-2-5-18-15(10-13)3-4-16-11-17(21)12-23-20(16)19(18)14-6-8-22-9-7-14/h2,5,10-12,14,19,22H,3-4,6-9H2,1H3. The maximum Gasteiger partial charge on any atom is 0.0514 e. The summed E-state index contributed by atoms with van der Waals surface area (Å²) in [5.41, 5.74) is 7.27. The number of hydrogen-bond acceptors (Lipinski definition) is 2. The number of aryl methyl sites for hydroxylation is 3. The van der Waals surface area contributed by atoms with E-state index < -0.39 is 0 Å². The Hall–Kier alpha value is -0.940. The molecule has 1 aliphatic heterocycles. The van der Waals surface area contributed by atoms with E-state index in [-0.39, 0.29) is 0 Å². The molecule has 1 saturated heterocycles. The van der Waals surface area contributed by atoms with Gasteiger partial charge in [-0.2, -0.15) is 0 Å². The van der Waals surface area contributed by atoms with Gasteiger partial charge in [0.15, 0.2) is 0 Å². The van der Waals surface area contributed by atoms with E-state index in [4.69, 9.17) is 4.98 Å². The highest BCUT2D eigenvalue weighted by molar-refractivity contribution is 14.1. The fourth-order valence-corrected chi connectivity index (χ4v) is 4.81. The Morgan fingerprint density at radius 1 is 1.09 bits per heavy atom. The Kier molecular flexibility index (Phi) is 4.41. The normalized spacial score (nSPS) is 21.4. The van der Waals surface area contributed by atoms with Crippen LogP contribution in [0, 0.1) is 16.4 Å². The van der Waals surface area contributed by atoms with Gasteiger partial charge in [0.2, 0.25) is 0 Å². The maximum atomic E-state index is 4.93. The Morgan fingerprint density at radius 2 is 1.87 bits per heavy atom. The molecule has 1 unspecified atom stereocenters. The maximum absolute atomic E-state index is 4.93. The minimum Gasteiger partial charge on any atom is -0.317 e. The highest BCUT2D eigenvalue weighted by atomic mass is 127. The minimum absolute atomic E-state index is 0.474. The molecular formula is C20H23IN2. The summed E-state index contributed by atoms with van der Waals surface area (Å²) in [6, 6.07) is 9.42. The predicted molar refractivity (Wildman–Crippen MR) is 103 cm³/mol. The van der Waals surface area contributed by atoms with Crippen molar-refractivity contribution in [2.75, 3.05) is 13.1 Å². The Balaban J connectivity index is 1.86. The van der Waals surface area contributed by atoms with E-state index in [1.54, 1.807) is 5.56 Å². The van der Waals surface area contributed by atoms with Gasteiger partial charge in [-0.3, -0.25) is 4.98 Å². The Bertz CT molecular complexity index is 666. The van der Waals surface area contributed by atoms with Gasteiger partial charge in [-0.25, -0.2) is 0 Å². The van der Waals surface area contributed by atoms with Crippen molar-refractivity contribution in [2.45, 2.75) is 38.5 Å². The summed E-state index contributed by atoms with van der Waals surface area (Å²) >= 11 is 2.39. The topological polar surface area (TPSA) is 24.9 Å². The van der Waals surface area contributed by atoms with Gasteiger partial charge in [0, 0.05) is 15.7 Å². The van der Waals surface area contributed by atoms with Crippen LogP contribution >= 0.6 is 22.6 Å². The highest BCUT2D eigenvalue weighted by Crippen LogP contribution is 2.41. The van der Waals surface area contributed by atoms with E-state index >= 15 is 0 Å². The first-order valence-corrected chi connectivity index (χ1v) is 9.74. The van der Waals surface area contributed by atoms with Crippen LogP contribution in [0.5, 0.6) is 0 Å². The summed E-state index contributed by atoms with van der Waals surface area (Å²) in [5, 5.41) is 3.51. The number of benzene rings is 1. The van der Waals surface area contributed by atoms with Crippen molar-refractivity contribution in [1.82, 2.24) is 10.3 Å². The molecule has 2 nitrogen and oxygen atoms in total. The van der Waals surface area contributed by atoms with Crippen LogP contribution < -0.4 is 5.32 Å². The van der Waals surface area contributed by atoms with Crippen LogP contribution in [0.3, 0.4) is 0 Å². The van der Waals surface area contributed by atoms with Crippen molar-refractivity contribution in [3.63, 3.8) is 0 Å². The number of aromatic nitrogens is 1. The summed E-state index contributed by atoms with van der Waals surface area (Å²) in [4.78, 5) is 4.93. The molecule has 23 heavy (non-hydrogen) atoms. The van der Waals surface area contributed by atoms with E-state index in [0.717, 1.165) is 25.9 Å². The smallest absolute Gasteiger partial charge is 0.0514 e. The van der Waals surface area contributed by atoms with E-state index in [2.05, 4.69) is 59.1 Å². The monoisotopic (exact) mass is 418 g/mol. The second-order valence-electron chi connectivity index (χ2n) is 6.97. The number of pyridine rings is 1. The first kappa shape index (κ1) is 15.6. The van der Waals surface area contributed by atoms with Crippen LogP contribution in [0.4, 0.5) is 0 Å². The summed E-state index contributed by atoms with van der Waals surface area (Å²) in [5.74, 6) is 1.18. The minimum atomic E-state index is 0.474. The summed E-state index contributed by atoms with van der Waals surface area (Å²) in [7, 11) is 0. The van der Waals surface area contributed by atoms with Gasteiger partial charge in [0.25, 0.3) is 0 Å². The molecule has 1 aromatic carbocycles. The molecule has 1 fully saturated rings. The van der Waals surface area contributed by atoms with E-state index in [9.17, 15) is 0 Å². The van der Waals surface area contributed by atoms with E-state index in [0.29, 0.717) is 11.8 Å². The summed E-state index contributed by atoms with van der Waals surface area (Å²) in [6.07, 6.45) is 6.83. The molecule has 1 aliphatic carbocycles. The lowest BCUT2D eigenvalue weighted by Crippen LogP contribution is -2.32. The third-order valence-electron chi connectivity index (χ3n) is 5.42. The average Bonchev–Trinajstić information content (AvgIpc) is 2.72. The Morgan fingerprint density at radius 3 is 2.70 bits per heavy atom. The molecule has 2 aromatic rings. The highest BCUT2D eigenvalue weighted by Gasteiger charge is 2.32. The van der Waals surface area contributed by atoms with Crippen molar-refractivity contribution in [3.8, 4) is 0 Å². The first-order valence-electron chi connectivity index (χ1n) is 8.67. The number of halogens is 1. The fourth-order valence-electron chi connectivity index (χ4n) is 4.30. The molecule has 2 aliphatic rings. The average molecular weight is 418 g/mol. The van der Waals surface area contributed by atoms with Crippen molar-refractivity contribution in [3.05, 3.63) is 62.0 Å². The van der Waals surface area contributed by atoms with Gasteiger partial charge in [0.1, 0.15) is 0 Å².